The molecular formula is C12H16N2O3. The van der Waals surface area contributed by atoms with Crippen molar-refractivity contribution < 1.29 is 14.6 Å². The minimum atomic E-state index is -0.986. The van der Waals surface area contributed by atoms with Crippen molar-refractivity contribution in [3.63, 3.8) is 0 Å². The van der Waals surface area contributed by atoms with Crippen LogP contribution in [0, 0.1) is 0 Å². The molecule has 92 valence electrons. The van der Waals surface area contributed by atoms with E-state index < -0.39 is 5.97 Å². The van der Waals surface area contributed by atoms with Crippen LogP contribution in [0.2, 0.25) is 0 Å². The Kier molecular flexibility index (Phi) is 2.93. The van der Waals surface area contributed by atoms with Gasteiger partial charge in [0, 0.05) is 13.6 Å². The fourth-order valence-electron chi connectivity index (χ4n) is 2.06. The average molecular weight is 236 g/mol. The predicted molar refractivity (Wildman–Crippen MR) is 64.7 cm³/mol. The molecule has 0 fully saturated rings. The fourth-order valence-corrected chi connectivity index (χ4v) is 2.06. The van der Waals surface area contributed by atoms with Crippen LogP contribution in [0.5, 0.6) is 5.75 Å². The molecule has 2 rings (SSSR count). The van der Waals surface area contributed by atoms with Gasteiger partial charge in [-0.15, -0.1) is 0 Å². The van der Waals surface area contributed by atoms with Crippen LogP contribution < -0.4 is 15.4 Å². The molecule has 1 heterocycles. The first-order valence-corrected chi connectivity index (χ1v) is 5.52. The molecule has 0 saturated carbocycles. The molecule has 5 nitrogen and oxygen atoms in total. The molecule has 1 aromatic carbocycles. The second-order valence-electron chi connectivity index (χ2n) is 4.20. The largest absolute Gasteiger partial charge is 0.484 e. The Hall–Kier alpha value is -1.75. The van der Waals surface area contributed by atoms with Crippen molar-refractivity contribution in [3.8, 4) is 5.75 Å². The number of carbonyl (C=O) groups is 1. The van der Waals surface area contributed by atoms with Gasteiger partial charge < -0.3 is 20.5 Å². The van der Waals surface area contributed by atoms with Crippen LogP contribution in [0.4, 0.5) is 5.69 Å². The topological polar surface area (TPSA) is 75.8 Å². The number of aromatic carboxylic acids is 1. The van der Waals surface area contributed by atoms with Crippen molar-refractivity contribution in [2.45, 2.75) is 19.1 Å². The Bertz CT molecular complexity index is 447. The lowest BCUT2D eigenvalue weighted by molar-refractivity contribution is 0.0686. The summed E-state index contributed by atoms with van der Waals surface area (Å²) in [6.45, 7) is 2.37. The summed E-state index contributed by atoms with van der Waals surface area (Å²) in [7, 11) is 1.92. The van der Waals surface area contributed by atoms with E-state index in [4.69, 9.17) is 15.6 Å². The monoisotopic (exact) mass is 236 g/mol. The number of benzene rings is 1. The SMILES string of the molecule is CC1C(CN)Oc2c(C(=O)O)cccc2N1C. The van der Waals surface area contributed by atoms with Gasteiger partial charge in [0.05, 0.1) is 11.7 Å². The quantitative estimate of drug-likeness (QED) is 0.799. The standard InChI is InChI=1S/C12H16N2O3/c1-7-10(6-13)17-11-8(12(15)16)4-3-5-9(11)14(7)2/h3-5,7,10H,6,13H2,1-2H3,(H,15,16). The molecule has 1 aliphatic heterocycles. The van der Waals surface area contributed by atoms with Gasteiger partial charge in [0.15, 0.2) is 5.75 Å². The Balaban J connectivity index is 2.52. The zero-order chi connectivity index (χ0) is 12.6. The number of likely N-dealkylation sites (N-methyl/N-ethyl adjacent to an activating group) is 1. The molecule has 1 aliphatic rings. The normalized spacial score (nSPS) is 22.9. The third-order valence-corrected chi connectivity index (χ3v) is 3.26. The molecule has 2 atom stereocenters. The maximum absolute atomic E-state index is 11.1. The third-order valence-electron chi connectivity index (χ3n) is 3.26. The van der Waals surface area contributed by atoms with Gasteiger partial charge in [0.1, 0.15) is 11.7 Å². The van der Waals surface area contributed by atoms with E-state index >= 15 is 0 Å². The van der Waals surface area contributed by atoms with Gasteiger partial charge in [0.2, 0.25) is 0 Å². The molecule has 0 radical (unpaired) electrons. The van der Waals surface area contributed by atoms with E-state index in [1.54, 1.807) is 12.1 Å². The second-order valence-corrected chi connectivity index (χ2v) is 4.20. The van der Waals surface area contributed by atoms with E-state index in [2.05, 4.69) is 0 Å². The van der Waals surface area contributed by atoms with Crippen molar-refractivity contribution >= 4 is 11.7 Å². The van der Waals surface area contributed by atoms with E-state index in [9.17, 15) is 4.79 Å². The van der Waals surface area contributed by atoms with Crippen molar-refractivity contribution in [2.75, 3.05) is 18.5 Å². The van der Waals surface area contributed by atoms with Gasteiger partial charge in [0.25, 0.3) is 0 Å². The first-order valence-electron chi connectivity index (χ1n) is 5.52. The van der Waals surface area contributed by atoms with Gasteiger partial charge in [-0.25, -0.2) is 4.79 Å². The number of rotatable bonds is 2. The highest BCUT2D eigenvalue weighted by atomic mass is 16.5. The lowest BCUT2D eigenvalue weighted by Gasteiger charge is -2.39. The van der Waals surface area contributed by atoms with E-state index in [1.807, 2.05) is 24.9 Å². The molecule has 0 bridgehead atoms. The van der Waals surface area contributed by atoms with Crippen LogP contribution in [0.15, 0.2) is 18.2 Å². The molecule has 0 aromatic heterocycles. The number of ether oxygens (including phenoxy) is 1. The fraction of sp³-hybridized carbons (Fsp3) is 0.417. The molecule has 17 heavy (non-hydrogen) atoms. The minimum Gasteiger partial charge on any atom is -0.484 e. The van der Waals surface area contributed by atoms with Gasteiger partial charge in [-0.05, 0) is 19.1 Å². The van der Waals surface area contributed by atoms with Crippen LogP contribution in [-0.4, -0.2) is 36.8 Å². The molecule has 5 heteroatoms. The molecule has 2 unspecified atom stereocenters. The van der Waals surface area contributed by atoms with Crippen LogP contribution in [-0.2, 0) is 0 Å². The smallest absolute Gasteiger partial charge is 0.339 e. The summed E-state index contributed by atoms with van der Waals surface area (Å²) < 4.78 is 5.71. The maximum atomic E-state index is 11.1. The van der Waals surface area contributed by atoms with E-state index in [1.165, 1.54) is 0 Å². The molecule has 0 aliphatic carbocycles. The zero-order valence-corrected chi connectivity index (χ0v) is 9.88. The number of nitrogens with zero attached hydrogens (tertiary/aromatic N) is 1. The lowest BCUT2D eigenvalue weighted by atomic mass is 10.0. The van der Waals surface area contributed by atoms with Gasteiger partial charge in [-0.3, -0.25) is 0 Å². The molecule has 0 saturated heterocycles. The summed E-state index contributed by atoms with van der Waals surface area (Å²) in [6, 6.07) is 5.23. The average Bonchev–Trinajstić information content (AvgIpc) is 2.32. The molecule has 0 spiro atoms. The summed E-state index contributed by atoms with van der Waals surface area (Å²) in [6.07, 6.45) is -0.187. The van der Waals surface area contributed by atoms with Crippen molar-refractivity contribution in [1.82, 2.24) is 0 Å². The number of hydrogen-bond donors (Lipinski definition) is 2. The van der Waals surface area contributed by atoms with Crippen LogP contribution in [0.1, 0.15) is 17.3 Å². The first kappa shape index (κ1) is 11.7. The van der Waals surface area contributed by atoms with Crippen LogP contribution in [0.3, 0.4) is 0 Å². The van der Waals surface area contributed by atoms with Crippen LogP contribution >= 0.6 is 0 Å². The molecular weight excluding hydrogens is 220 g/mol. The summed E-state index contributed by atoms with van der Waals surface area (Å²) >= 11 is 0. The summed E-state index contributed by atoms with van der Waals surface area (Å²) in [5, 5.41) is 9.12. The number of carboxylic acid groups (broad SMARTS) is 1. The van der Waals surface area contributed by atoms with Gasteiger partial charge in [-0.2, -0.15) is 0 Å². The highest BCUT2D eigenvalue weighted by Gasteiger charge is 2.32. The zero-order valence-electron chi connectivity index (χ0n) is 9.88. The highest BCUT2D eigenvalue weighted by molar-refractivity contribution is 5.93. The Morgan fingerprint density at radius 3 is 2.88 bits per heavy atom. The first-order chi connectivity index (χ1) is 8.06. The van der Waals surface area contributed by atoms with Crippen LogP contribution in [0.25, 0.3) is 0 Å². The van der Waals surface area contributed by atoms with E-state index in [0.717, 1.165) is 5.69 Å². The molecule has 0 amide bonds. The number of carboxylic acids is 1. The Morgan fingerprint density at radius 2 is 2.29 bits per heavy atom. The Morgan fingerprint density at radius 1 is 1.59 bits per heavy atom. The van der Waals surface area contributed by atoms with Crippen molar-refractivity contribution in [1.29, 1.82) is 0 Å². The highest BCUT2D eigenvalue weighted by Crippen LogP contribution is 2.37. The number of nitrogens with two attached hydrogens (primary N) is 1. The third kappa shape index (κ3) is 1.82. The predicted octanol–water partition coefficient (Wildman–Crippen LogP) is 0.929. The summed E-state index contributed by atoms with van der Waals surface area (Å²) in [4.78, 5) is 13.1. The van der Waals surface area contributed by atoms with E-state index in [-0.39, 0.29) is 17.7 Å². The summed E-state index contributed by atoms with van der Waals surface area (Å²) in [5.74, 6) is -0.573. The summed E-state index contributed by atoms with van der Waals surface area (Å²) in [5.41, 5.74) is 6.61. The van der Waals surface area contributed by atoms with Crippen molar-refractivity contribution in [2.24, 2.45) is 5.73 Å². The van der Waals surface area contributed by atoms with Crippen molar-refractivity contribution in [3.05, 3.63) is 23.8 Å². The van der Waals surface area contributed by atoms with Gasteiger partial charge in [-0.1, -0.05) is 6.07 Å². The second kappa shape index (κ2) is 4.25. The minimum absolute atomic E-state index is 0.122. The molecule has 1 aromatic rings. The van der Waals surface area contributed by atoms with Gasteiger partial charge >= 0.3 is 5.97 Å². The maximum Gasteiger partial charge on any atom is 0.339 e. The van der Waals surface area contributed by atoms with E-state index in [0.29, 0.717) is 12.3 Å². The number of hydrogen-bond acceptors (Lipinski definition) is 4. The number of anilines is 1. The number of fused-ring (bicyclic) bond motifs is 1. The lowest BCUT2D eigenvalue weighted by Crippen LogP contribution is -2.49. The number of para-hydroxylation sites is 1. The Labute approximate surface area is 99.8 Å². The molecule has 3 N–H and O–H groups in total.